The second-order valence-corrected chi connectivity index (χ2v) is 7.38. The molecule has 3 heterocycles. The van der Waals surface area contributed by atoms with Crippen LogP contribution in [0.4, 0.5) is 5.88 Å². The summed E-state index contributed by atoms with van der Waals surface area (Å²) in [5.41, 5.74) is 1.61. The van der Waals surface area contributed by atoms with E-state index in [-0.39, 0.29) is 0 Å². The summed E-state index contributed by atoms with van der Waals surface area (Å²) in [6.07, 6.45) is 3.27. The van der Waals surface area contributed by atoms with Crippen LogP contribution in [0, 0.1) is 11.3 Å². The zero-order valence-corrected chi connectivity index (χ0v) is 14.7. The zero-order chi connectivity index (χ0) is 16.5. The van der Waals surface area contributed by atoms with Crippen LogP contribution in [-0.4, -0.2) is 41.0 Å². The lowest BCUT2D eigenvalue weighted by Gasteiger charge is -2.34. The number of aromatic nitrogens is 2. The van der Waals surface area contributed by atoms with E-state index in [1.807, 2.05) is 0 Å². The molecule has 6 nitrogen and oxygen atoms in total. The molecule has 1 saturated heterocycles. The fourth-order valence-corrected chi connectivity index (χ4v) is 3.78. The minimum absolute atomic E-state index is 0.435. The van der Waals surface area contributed by atoms with Crippen molar-refractivity contribution in [3.63, 3.8) is 0 Å². The van der Waals surface area contributed by atoms with Gasteiger partial charge in [0.15, 0.2) is 0 Å². The smallest absolute Gasteiger partial charge is 0.234 e. The molecule has 1 saturated carbocycles. The lowest BCUT2D eigenvalue weighted by atomic mass is 10.3. The van der Waals surface area contributed by atoms with Gasteiger partial charge in [-0.2, -0.15) is 5.26 Å². The molecule has 0 radical (unpaired) electrons. The monoisotopic (exact) mass is 343 g/mol. The molecule has 1 aliphatic carbocycles. The van der Waals surface area contributed by atoms with E-state index in [2.05, 4.69) is 38.1 Å². The van der Waals surface area contributed by atoms with E-state index in [9.17, 15) is 5.26 Å². The molecule has 4 rings (SSSR count). The number of nitrogens with zero attached hydrogens (tertiary/aromatic N) is 5. The Morgan fingerprint density at radius 3 is 2.71 bits per heavy atom. The molecule has 2 fully saturated rings. The van der Waals surface area contributed by atoms with Crippen LogP contribution in [0.1, 0.15) is 48.0 Å². The number of rotatable bonds is 5. The lowest BCUT2D eigenvalue weighted by Crippen LogP contribution is -2.46. The molecule has 7 heteroatoms. The first-order chi connectivity index (χ1) is 11.8. The molecule has 0 spiro atoms. The van der Waals surface area contributed by atoms with Crippen molar-refractivity contribution in [1.29, 1.82) is 5.26 Å². The van der Waals surface area contributed by atoms with Crippen LogP contribution in [0.5, 0.6) is 0 Å². The highest BCUT2D eigenvalue weighted by molar-refractivity contribution is 7.09. The molecular formula is C17H21N5OS. The maximum atomic E-state index is 9.32. The molecule has 2 aliphatic rings. The van der Waals surface area contributed by atoms with Crippen LogP contribution < -0.4 is 4.90 Å². The van der Waals surface area contributed by atoms with Crippen molar-refractivity contribution in [2.24, 2.45) is 0 Å². The summed E-state index contributed by atoms with van der Waals surface area (Å²) in [6, 6.07) is 2.19. The number of oxazole rings is 1. The zero-order valence-electron chi connectivity index (χ0n) is 13.9. The second kappa shape index (κ2) is 6.54. The second-order valence-electron chi connectivity index (χ2n) is 6.44. The molecular weight excluding hydrogens is 322 g/mol. The minimum atomic E-state index is 0.435. The average molecular weight is 343 g/mol. The standard InChI is InChI=1S/C17H21N5OS/c1-2-15-19-13(11-24-15)10-21-5-7-22(8-6-21)17-14(9-18)20-16(23-17)12-3-4-12/h11-12H,2-8,10H2,1H3. The molecule has 0 aromatic carbocycles. The van der Waals surface area contributed by atoms with Gasteiger partial charge in [0.25, 0.3) is 0 Å². The molecule has 1 aliphatic heterocycles. The molecule has 126 valence electrons. The predicted molar refractivity (Wildman–Crippen MR) is 92.2 cm³/mol. The van der Waals surface area contributed by atoms with E-state index < -0.39 is 0 Å². The van der Waals surface area contributed by atoms with Gasteiger partial charge in [-0.05, 0) is 19.3 Å². The fraction of sp³-hybridized carbons (Fsp3) is 0.588. The quantitative estimate of drug-likeness (QED) is 0.831. The van der Waals surface area contributed by atoms with Crippen LogP contribution >= 0.6 is 11.3 Å². The van der Waals surface area contributed by atoms with E-state index in [4.69, 9.17) is 4.42 Å². The first-order valence-electron chi connectivity index (χ1n) is 8.58. The van der Waals surface area contributed by atoms with E-state index in [0.717, 1.165) is 57.9 Å². The number of nitriles is 1. The Morgan fingerprint density at radius 1 is 1.29 bits per heavy atom. The largest absolute Gasteiger partial charge is 0.423 e. The fourth-order valence-electron chi connectivity index (χ4n) is 3.04. The average Bonchev–Trinajstić information content (AvgIpc) is 3.21. The van der Waals surface area contributed by atoms with Gasteiger partial charge in [-0.1, -0.05) is 6.92 Å². The summed E-state index contributed by atoms with van der Waals surface area (Å²) >= 11 is 1.74. The molecule has 0 amide bonds. The maximum absolute atomic E-state index is 9.32. The number of aryl methyl sites for hydroxylation is 1. The number of anilines is 1. The van der Waals surface area contributed by atoms with Crippen molar-refractivity contribution in [2.45, 2.75) is 38.6 Å². The van der Waals surface area contributed by atoms with E-state index in [0.29, 0.717) is 17.5 Å². The Hall–Kier alpha value is -1.91. The van der Waals surface area contributed by atoms with Gasteiger partial charge in [-0.15, -0.1) is 11.3 Å². The van der Waals surface area contributed by atoms with Crippen LogP contribution in [-0.2, 0) is 13.0 Å². The Labute approximate surface area is 145 Å². The highest BCUT2D eigenvalue weighted by Crippen LogP contribution is 2.41. The third-order valence-electron chi connectivity index (χ3n) is 4.61. The third-order valence-corrected chi connectivity index (χ3v) is 5.65. The molecule has 0 bridgehead atoms. The van der Waals surface area contributed by atoms with Gasteiger partial charge in [0, 0.05) is 44.0 Å². The van der Waals surface area contributed by atoms with Gasteiger partial charge in [0.1, 0.15) is 6.07 Å². The molecule has 2 aromatic heterocycles. The summed E-state index contributed by atoms with van der Waals surface area (Å²) in [4.78, 5) is 13.6. The summed E-state index contributed by atoms with van der Waals surface area (Å²) in [7, 11) is 0. The van der Waals surface area contributed by atoms with E-state index in [1.165, 1.54) is 10.7 Å². The highest BCUT2D eigenvalue weighted by atomic mass is 32.1. The molecule has 0 N–H and O–H groups in total. The summed E-state index contributed by atoms with van der Waals surface area (Å²) in [5, 5.41) is 12.7. The highest BCUT2D eigenvalue weighted by Gasteiger charge is 2.32. The molecule has 0 unspecified atom stereocenters. The van der Waals surface area contributed by atoms with E-state index >= 15 is 0 Å². The van der Waals surface area contributed by atoms with Crippen molar-refractivity contribution >= 4 is 17.2 Å². The first-order valence-corrected chi connectivity index (χ1v) is 9.46. The van der Waals surface area contributed by atoms with Crippen molar-refractivity contribution in [3.8, 4) is 6.07 Å². The van der Waals surface area contributed by atoms with E-state index in [1.54, 1.807) is 11.3 Å². The number of hydrogen-bond acceptors (Lipinski definition) is 7. The number of piperazine rings is 1. The maximum Gasteiger partial charge on any atom is 0.234 e. The van der Waals surface area contributed by atoms with Gasteiger partial charge >= 0.3 is 0 Å². The van der Waals surface area contributed by atoms with Crippen molar-refractivity contribution in [3.05, 3.63) is 27.7 Å². The van der Waals surface area contributed by atoms with Gasteiger partial charge in [-0.25, -0.2) is 9.97 Å². The van der Waals surface area contributed by atoms with Crippen LogP contribution in [0.25, 0.3) is 0 Å². The topological polar surface area (TPSA) is 69.2 Å². The van der Waals surface area contributed by atoms with Crippen LogP contribution in [0.15, 0.2) is 9.80 Å². The summed E-state index contributed by atoms with van der Waals surface area (Å²) in [6.45, 7) is 6.66. The van der Waals surface area contributed by atoms with Gasteiger partial charge in [0.2, 0.25) is 17.5 Å². The number of hydrogen-bond donors (Lipinski definition) is 0. The minimum Gasteiger partial charge on any atom is -0.423 e. The Kier molecular flexibility index (Phi) is 4.25. The SMILES string of the molecule is CCc1nc(CN2CCN(c3oc(C4CC4)nc3C#N)CC2)cs1. The van der Waals surface area contributed by atoms with Crippen LogP contribution in [0.2, 0.25) is 0 Å². The predicted octanol–water partition coefficient (Wildman–Crippen LogP) is 2.76. The molecule has 2 aromatic rings. The lowest BCUT2D eigenvalue weighted by molar-refractivity contribution is 0.243. The van der Waals surface area contributed by atoms with Gasteiger partial charge in [0.05, 0.1) is 10.7 Å². The molecule has 24 heavy (non-hydrogen) atoms. The van der Waals surface area contributed by atoms with Crippen LogP contribution in [0.3, 0.4) is 0 Å². The Bertz CT molecular complexity index is 749. The van der Waals surface area contributed by atoms with Gasteiger partial charge < -0.3 is 9.32 Å². The van der Waals surface area contributed by atoms with Crippen molar-refractivity contribution < 1.29 is 4.42 Å². The van der Waals surface area contributed by atoms with Gasteiger partial charge in [-0.3, -0.25) is 4.90 Å². The Balaban J connectivity index is 1.38. The van der Waals surface area contributed by atoms with Crippen molar-refractivity contribution in [2.75, 3.05) is 31.1 Å². The molecule has 0 atom stereocenters. The normalized spacial score (nSPS) is 18.8. The Morgan fingerprint density at radius 2 is 2.08 bits per heavy atom. The van der Waals surface area contributed by atoms with Crippen molar-refractivity contribution in [1.82, 2.24) is 14.9 Å². The number of thiazole rings is 1. The third kappa shape index (κ3) is 3.17. The summed E-state index contributed by atoms with van der Waals surface area (Å²) < 4.78 is 5.90. The summed E-state index contributed by atoms with van der Waals surface area (Å²) in [5.74, 6) is 1.85. The first kappa shape index (κ1) is 15.6.